The van der Waals surface area contributed by atoms with Crippen molar-refractivity contribution in [1.82, 2.24) is 4.90 Å². The molecule has 1 saturated heterocycles. The zero-order valence-corrected chi connectivity index (χ0v) is 11.5. The van der Waals surface area contributed by atoms with Gasteiger partial charge in [0.1, 0.15) is 0 Å². The van der Waals surface area contributed by atoms with E-state index in [1.54, 1.807) is 0 Å². The number of hydrogen-bond acceptors (Lipinski definition) is 2. The monoisotopic (exact) mass is 248 g/mol. The number of halogens is 1. The molecule has 2 atom stereocenters. The molecule has 1 aliphatic rings. The van der Waals surface area contributed by atoms with Crippen LogP contribution in [0.1, 0.15) is 52.9 Å². The van der Waals surface area contributed by atoms with Gasteiger partial charge in [0.05, 0.1) is 5.54 Å². The minimum atomic E-state index is -0.666. The van der Waals surface area contributed by atoms with Crippen molar-refractivity contribution in [2.45, 2.75) is 64.5 Å². The van der Waals surface area contributed by atoms with Gasteiger partial charge in [-0.25, -0.2) is 0 Å². The van der Waals surface area contributed by atoms with E-state index in [0.29, 0.717) is 6.04 Å². The van der Waals surface area contributed by atoms with Gasteiger partial charge in [-0.3, -0.25) is 4.79 Å². The van der Waals surface area contributed by atoms with E-state index < -0.39 is 5.54 Å². The maximum absolute atomic E-state index is 12.2. The normalized spacial score (nSPS) is 24.5. The summed E-state index contributed by atoms with van der Waals surface area (Å²) in [7, 11) is 0. The molecule has 1 rings (SSSR count). The third-order valence-electron chi connectivity index (χ3n) is 3.32. The molecule has 1 aliphatic heterocycles. The highest BCUT2D eigenvalue weighted by atomic mass is 35.5. The molecule has 1 fully saturated rings. The van der Waals surface area contributed by atoms with Gasteiger partial charge in [0, 0.05) is 12.6 Å². The van der Waals surface area contributed by atoms with Crippen molar-refractivity contribution in [1.29, 1.82) is 0 Å². The predicted molar refractivity (Wildman–Crippen MR) is 69.8 cm³/mol. The summed E-state index contributed by atoms with van der Waals surface area (Å²) in [5, 5.41) is 0. The third kappa shape index (κ3) is 3.63. The highest BCUT2D eigenvalue weighted by Gasteiger charge is 2.34. The van der Waals surface area contributed by atoms with Crippen LogP contribution in [0.2, 0.25) is 0 Å². The minimum absolute atomic E-state index is 0. The number of carbonyl (C=O) groups is 1. The van der Waals surface area contributed by atoms with Gasteiger partial charge in [-0.1, -0.05) is 13.3 Å². The Bertz CT molecular complexity index is 231. The number of hydrogen-bond donors (Lipinski definition) is 1. The van der Waals surface area contributed by atoms with Crippen LogP contribution in [-0.4, -0.2) is 28.9 Å². The second kappa shape index (κ2) is 6.45. The fourth-order valence-electron chi connectivity index (χ4n) is 2.35. The van der Waals surface area contributed by atoms with Crippen LogP contribution in [0.3, 0.4) is 0 Å². The van der Waals surface area contributed by atoms with Crippen molar-refractivity contribution < 1.29 is 4.79 Å². The average Bonchev–Trinajstić information content (AvgIpc) is 2.17. The quantitative estimate of drug-likeness (QED) is 0.833. The van der Waals surface area contributed by atoms with Crippen molar-refractivity contribution in [3.05, 3.63) is 0 Å². The summed E-state index contributed by atoms with van der Waals surface area (Å²) in [6.45, 7) is 6.94. The zero-order chi connectivity index (χ0) is 11.5. The van der Waals surface area contributed by atoms with Crippen molar-refractivity contribution in [2.24, 2.45) is 5.73 Å². The second-order valence-electron chi connectivity index (χ2n) is 5.01. The molecular weight excluding hydrogens is 224 g/mol. The molecule has 0 spiro atoms. The Balaban J connectivity index is 0.00000225. The van der Waals surface area contributed by atoms with Gasteiger partial charge in [-0.2, -0.15) is 0 Å². The lowest BCUT2D eigenvalue weighted by molar-refractivity contribution is -0.140. The SMILES string of the molecule is CCCC(C)(N)C(=O)N1CCCCC1C.Cl. The van der Waals surface area contributed by atoms with Crippen LogP contribution >= 0.6 is 12.4 Å². The Morgan fingerprint density at radius 3 is 2.62 bits per heavy atom. The molecule has 0 aromatic heterocycles. The maximum atomic E-state index is 12.2. The lowest BCUT2D eigenvalue weighted by Gasteiger charge is -2.38. The highest BCUT2D eigenvalue weighted by molar-refractivity contribution is 5.86. The van der Waals surface area contributed by atoms with Crippen LogP contribution in [0.5, 0.6) is 0 Å². The molecule has 2 N–H and O–H groups in total. The smallest absolute Gasteiger partial charge is 0.242 e. The number of amides is 1. The minimum Gasteiger partial charge on any atom is -0.338 e. The lowest BCUT2D eigenvalue weighted by atomic mass is 9.93. The Hall–Kier alpha value is -0.280. The summed E-state index contributed by atoms with van der Waals surface area (Å²) in [5.41, 5.74) is 5.41. The fourth-order valence-corrected chi connectivity index (χ4v) is 2.35. The van der Waals surface area contributed by atoms with Gasteiger partial charge in [-0.15, -0.1) is 12.4 Å². The second-order valence-corrected chi connectivity index (χ2v) is 5.01. The Morgan fingerprint density at radius 1 is 1.50 bits per heavy atom. The van der Waals surface area contributed by atoms with E-state index in [2.05, 4.69) is 13.8 Å². The Morgan fingerprint density at radius 2 is 2.12 bits per heavy atom. The van der Waals surface area contributed by atoms with Crippen LogP contribution in [0.15, 0.2) is 0 Å². The van der Waals surface area contributed by atoms with E-state index in [4.69, 9.17) is 5.73 Å². The summed E-state index contributed by atoms with van der Waals surface area (Å²) >= 11 is 0. The molecule has 0 aromatic carbocycles. The first-order valence-electron chi connectivity index (χ1n) is 6.09. The van der Waals surface area contributed by atoms with Crippen LogP contribution in [-0.2, 0) is 4.79 Å². The van der Waals surface area contributed by atoms with Gasteiger partial charge >= 0.3 is 0 Å². The molecule has 96 valence electrons. The van der Waals surface area contributed by atoms with Crippen molar-refractivity contribution in [2.75, 3.05) is 6.54 Å². The lowest BCUT2D eigenvalue weighted by Crippen LogP contribution is -2.56. The molecule has 16 heavy (non-hydrogen) atoms. The molecule has 0 radical (unpaired) electrons. The standard InChI is InChI=1S/C12H24N2O.ClH/c1-4-8-12(3,13)11(15)14-9-6-5-7-10(14)2;/h10H,4-9,13H2,1-3H3;1H. The van der Waals surface area contributed by atoms with Crippen molar-refractivity contribution in [3.8, 4) is 0 Å². The Kier molecular flexibility index (Phi) is 6.34. The Labute approximate surface area is 105 Å². The van der Waals surface area contributed by atoms with Crippen LogP contribution < -0.4 is 5.73 Å². The van der Waals surface area contributed by atoms with E-state index in [0.717, 1.165) is 32.2 Å². The molecule has 0 bridgehead atoms. The topological polar surface area (TPSA) is 46.3 Å². The van der Waals surface area contributed by atoms with E-state index in [9.17, 15) is 4.79 Å². The van der Waals surface area contributed by atoms with Crippen molar-refractivity contribution >= 4 is 18.3 Å². The van der Waals surface area contributed by atoms with E-state index in [1.165, 1.54) is 6.42 Å². The number of nitrogens with zero attached hydrogens (tertiary/aromatic N) is 1. The molecule has 4 heteroatoms. The molecular formula is C12H25ClN2O. The van der Waals surface area contributed by atoms with Crippen molar-refractivity contribution in [3.63, 3.8) is 0 Å². The first kappa shape index (κ1) is 15.7. The number of likely N-dealkylation sites (tertiary alicyclic amines) is 1. The molecule has 0 aliphatic carbocycles. The highest BCUT2D eigenvalue weighted by Crippen LogP contribution is 2.21. The summed E-state index contributed by atoms with van der Waals surface area (Å²) < 4.78 is 0. The number of nitrogens with two attached hydrogens (primary N) is 1. The molecule has 2 unspecified atom stereocenters. The largest absolute Gasteiger partial charge is 0.338 e. The third-order valence-corrected chi connectivity index (χ3v) is 3.32. The fraction of sp³-hybridized carbons (Fsp3) is 0.917. The van der Waals surface area contributed by atoms with Gasteiger partial charge in [0.2, 0.25) is 5.91 Å². The predicted octanol–water partition coefficient (Wildman–Crippen LogP) is 2.33. The van der Waals surface area contributed by atoms with Gasteiger partial charge in [-0.05, 0) is 39.5 Å². The van der Waals surface area contributed by atoms with Crippen LogP contribution in [0.4, 0.5) is 0 Å². The molecule has 0 saturated carbocycles. The molecule has 1 amide bonds. The molecule has 0 aromatic rings. The summed E-state index contributed by atoms with van der Waals surface area (Å²) in [5.74, 6) is 0.136. The van der Waals surface area contributed by atoms with Gasteiger partial charge < -0.3 is 10.6 Å². The summed E-state index contributed by atoms with van der Waals surface area (Å²) in [6, 6.07) is 0.367. The van der Waals surface area contributed by atoms with Gasteiger partial charge in [0.15, 0.2) is 0 Å². The van der Waals surface area contributed by atoms with E-state index in [1.807, 2.05) is 11.8 Å². The zero-order valence-electron chi connectivity index (χ0n) is 10.7. The first-order valence-corrected chi connectivity index (χ1v) is 6.09. The average molecular weight is 249 g/mol. The first-order chi connectivity index (χ1) is 6.99. The molecule has 1 heterocycles. The van der Waals surface area contributed by atoms with Crippen LogP contribution in [0.25, 0.3) is 0 Å². The maximum Gasteiger partial charge on any atom is 0.242 e. The van der Waals surface area contributed by atoms with Crippen LogP contribution in [0, 0.1) is 0 Å². The number of carbonyl (C=O) groups excluding carboxylic acids is 1. The van der Waals surface area contributed by atoms with Gasteiger partial charge in [0.25, 0.3) is 0 Å². The van der Waals surface area contributed by atoms with E-state index in [-0.39, 0.29) is 18.3 Å². The number of piperidine rings is 1. The molecule has 3 nitrogen and oxygen atoms in total. The summed E-state index contributed by atoms with van der Waals surface area (Å²) in [4.78, 5) is 14.2. The van der Waals surface area contributed by atoms with E-state index >= 15 is 0 Å². The number of rotatable bonds is 3. The summed E-state index contributed by atoms with van der Waals surface area (Å²) in [6.07, 6.45) is 5.21.